The van der Waals surface area contributed by atoms with Gasteiger partial charge in [0.05, 0.1) is 41.1 Å². The van der Waals surface area contributed by atoms with Crippen LogP contribution in [0.5, 0.6) is 0 Å². The molecule has 0 unspecified atom stereocenters. The molecule has 0 N–H and O–H groups in total. The van der Waals surface area contributed by atoms with Gasteiger partial charge in [-0.1, -0.05) is 37.7 Å². The van der Waals surface area contributed by atoms with Crippen LogP contribution in [0.2, 0.25) is 0 Å². The zero-order valence-electron chi connectivity index (χ0n) is 18.0. The topological polar surface area (TPSA) is 110 Å². The minimum Gasteiger partial charge on any atom is -0.463 e. The van der Waals surface area contributed by atoms with E-state index in [9.17, 15) is 24.0 Å². The Kier molecular flexibility index (Phi) is 7.34. The van der Waals surface area contributed by atoms with Gasteiger partial charge >= 0.3 is 11.9 Å². The van der Waals surface area contributed by atoms with Gasteiger partial charge in [0.25, 0.3) is 11.8 Å². The molecule has 3 amide bonds. The molecule has 2 aliphatic heterocycles. The zero-order valence-corrected chi connectivity index (χ0v) is 18.8. The third kappa shape index (κ3) is 4.69. The molecule has 170 valence electrons. The van der Waals surface area contributed by atoms with Crippen molar-refractivity contribution in [1.29, 1.82) is 0 Å². The summed E-state index contributed by atoms with van der Waals surface area (Å²) in [4.78, 5) is 64.5. The number of thioether (sulfide) groups is 1. The number of ether oxygens (including phenoxy) is 2. The van der Waals surface area contributed by atoms with Crippen molar-refractivity contribution in [3.8, 4) is 0 Å². The molecule has 0 spiro atoms. The number of imide groups is 1. The highest BCUT2D eigenvalue weighted by Crippen LogP contribution is 2.29. The van der Waals surface area contributed by atoms with Crippen LogP contribution in [0.1, 0.15) is 41.5 Å². The second kappa shape index (κ2) is 9.99. The highest BCUT2D eigenvalue weighted by Gasteiger charge is 2.44. The maximum absolute atomic E-state index is 12.8. The maximum atomic E-state index is 12.8. The molecule has 2 aliphatic rings. The smallest absolute Gasteiger partial charge is 0.333 e. The van der Waals surface area contributed by atoms with Crippen LogP contribution in [-0.2, 0) is 23.9 Å². The average molecular weight is 461 g/mol. The summed E-state index contributed by atoms with van der Waals surface area (Å²) in [5.41, 5.74) is 0.508. The molecule has 1 aromatic carbocycles. The van der Waals surface area contributed by atoms with Gasteiger partial charge in [0.2, 0.25) is 5.91 Å². The van der Waals surface area contributed by atoms with Crippen molar-refractivity contribution >= 4 is 41.4 Å². The number of amides is 3. The summed E-state index contributed by atoms with van der Waals surface area (Å²) in [7, 11) is 0. The van der Waals surface area contributed by atoms with Gasteiger partial charge in [-0.05, 0) is 25.0 Å². The molecule has 3 rings (SSSR count). The van der Waals surface area contributed by atoms with E-state index >= 15 is 0 Å². The van der Waals surface area contributed by atoms with Crippen LogP contribution in [0.25, 0.3) is 0 Å². The molecule has 32 heavy (non-hydrogen) atoms. The number of benzene rings is 1. The Morgan fingerprint density at radius 2 is 1.72 bits per heavy atom. The molecule has 9 nitrogen and oxygen atoms in total. The summed E-state index contributed by atoms with van der Waals surface area (Å²) in [5.74, 6) is -2.79. The van der Waals surface area contributed by atoms with Gasteiger partial charge in [-0.3, -0.25) is 19.3 Å². The molecular formula is C22H24N2O7S. The molecule has 0 bridgehead atoms. The Morgan fingerprint density at radius 3 is 2.28 bits per heavy atom. The van der Waals surface area contributed by atoms with Gasteiger partial charge in [0, 0.05) is 0 Å². The van der Waals surface area contributed by atoms with Crippen LogP contribution in [-0.4, -0.2) is 71.0 Å². The van der Waals surface area contributed by atoms with E-state index in [0.717, 1.165) is 4.90 Å². The summed E-state index contributed by atoms with van der Waals surface area (Å²) in [6, 6.07) is 5.31. The molecule has 1 saturated heterocycles. The number of rotatable bonds is 8. The van der Waals surface area contributed by atoms with Crippen molar-refractivity contribution in [2.45, 2.75) is 26.8 Å². The Bertz CT molecular complexity index is 953. The lowest BCUT2D eigenvalue weighted by Gasteiger charge is -2.28. The lowest BCUT2D eigenvalue weighted by molar-refractivity contribution is -0.151. The first-order chi connectivity index (χ1) is 15.3. The third-order valence-electron chi connectivity index (χ3n) is 4.97. The van der Waals surface area contributed by atoms with Gasteiger partial charge in [-0.15, -0.1) is 0 Å². The molecule has 1 aromatic rings. The van der Waals surface area contributed by atoms with E-state index in [2.05, 4.69) is 0 Å². The largest absolute Gasteiger partial charge is 0.463 e. The second-order valence-electron chi connectivity index (χ2n) is 7.45. The van der Waals surface area contributed by atoms with Crippen LogP contribution < -0.4 is 0 Å². The predicted molar refractivity (Wildman–Crippen MR) is 115 cm³/mol. The number of nitrogens with zero attached hydrogens (tertiary/aromatic N) is 2. The van der Waals surface area contributed by atoms with Crippen molar-refractivity contribution in [2.24, 2.45) is 5.92 Å². The summed E-state index contributed by atoms with van der Waals surface area (Å²) in [6.07, 6.45) is 1.23. The SMILES string of the molecule is CCOC(=O)/C=C1\SCC(=O)N1CCOC(=O)[C@H](C(C)C)N1C(=O)c2ccccc2C1=O. The molecule has 10 heteroatoms. The van der Waals surface area contributed by atoms with Crippen LogP contribution in [0.3, 0.4) is 0 Å². The quantitative estimate of drug-likeness (QED) is 0.328. The van der Waals surface area contributed by atoms with Gasteiger partial charge in [0.1, 0.15) is 12.6 Å². The third-order valence-corrected chi connectivity index (χ3v) is 6.00. The molecule has 1 fully saturated rings. The van der Waals surface area contributed by atoms with Gasteiger partial charge in [-0.2, -0.15) is 0 Å². The molecule has 0 radical (unpaired) electrons. The molecule has 2 heterocycles. The number of fused-ring (bicyclic) bond motifs is 1. The van der Waals surface area contributed by atoms with Crippen molar-refractivity contribution in [3.63, 3.8) is 0 Å². The monoisotopic (exact) mass is 460 g/mol. The zero-order chi connectivity index (χ0) is 23.4. The number of hydrogen-bond acceptors (Lipinski definition) is 8. The number of esters is 2. The Morgan fingerprint density at radius 1 is 1.09 bits per heavy atom. The van der Waals surface area contributed by atoms with Crippen LogP contribution in [0.4, 0.5) is 0 Å². The van der Waals surface area contributed by atoms with Crippen molar-refractivity contribution in [3.05, 3.63) is 46.5 Å². The molecule has 0 aromatic heterocycles. The lowest BCUT2D eigenvalue weighted by atomic mass is 10.0. The number of carbonyl (C=O) groups is 5. The van der Waals surface area contributed by atoms with Crippen LogP contribution >= 0.6 is 11.8 Å². The van der Waals surface area contributed by atoms with E-state index in [1.165, 1.54) is 22.7 Å². The first-order valence-electron chi connectivity index (χ1n) is 10.2. The first kappa shape index (κ1) is 23.5. The fraction of sp³-hybridized carbons (Fsp3) is 0.409. The molecule has 0 aliphatic carbocycles. The van der Waals surface area contributed by atoms with E-state index in [-0.39, 0.29) is 48.5 Å². The van der Waals surface area contributed by atoms with E-state index in [1.807, 2.05) is 0 Å². The van der Waals surface area contributed by atoms with Crippen molar-refractivity contribution < 1.29 is 33.4 Å². The molecule has 0 saturated carbocycles. The fourth-order valence-corrected chi connectivity index (χ4v) is 4.47. The maximum Gasteiger partial charge on any atom is 0.333 e. The Hall–Kier alpha value is -3.14. The van der Waals surface area contributed by atoms with E-state index in [4.69, 9.17) is 9.47 Å². The average Bonchev–Trinajstić information content (AvgIpc) is 3.21. The van der Waals surface area contributed by atoms with Gasteiger partial charge < -0.3 is 14.4 Å². The summed E-state index contributed by atoms with van der Waals surface area (Å²) < 4.78 is 10.2. The van der Waals surface area contributed by atoms with E-state index in [1.54, 1.807) is 45.0 Å². The van der Waals surface area contributed by atoms with Crippen LogP contribution in [0.15, 0.2) is 35.4 Å². The predicted octanol–water partition coefficient (Wildman–Crippen LogP) is 1.83. The van der Waals surface area contributed by atoms with E-state index in [0.29, 0.717) is 5.03 Å². The highest BCUT2D eigenvalue weighted by atomic mass is 32.2. The standard InChI is InChI=1S/C22H24N2O7S/c1-4-30-18(26)11-17-23(16(25)12-32-17)9-10-31-22(29)19(13(2)3)24-20(27)14-7-5-6-8-15(14)21(24)28/h5-8,11,13,19H,4,9-10,12H2,1-3H3/b17-11-/t19-/m0/s1. The van der Waals surface area contributed by atoms with Crippen molar-refractivity contribution in [1.82, 2.24) is 9.80 Å². The number of carbonyl (C=O) groups excluding carboxylic acids is 5. The second-order valence-corrected chi connectivity index (χ2v) is 8.45. The Labute approximate surface area is 189 Å². The van der Waals surface area contributed by atoms with Crippen molar-refractivity contribution in [2.75, 3.05) is 25.5 Å². The molecular weight excluding hydrogens is 436 g/mol. The fourth-order valence-electron chi connectivity index (χ4n) is 3.51. The number of hydrogen-bond donors (Lipinski definition) is 0. The lowest BCUT2D eigenvalue weighted by Crippen LogP contribution is -2.49. The highest BCUT2D eigenvalue weighted by molar-refractivity contribution is 8.04. The Balaban J connectivity index is 1.66. The first-order valence-corrected chi connectivity index (χ1v) is 11.2. The normalized spacial score (nSPS) is 17.9. The summed E-state index contributed by atoms with van der Waals surface area (Å²) in [6.45, 7) is 5.22. The van der Waals surface area contributed by atoms with Crippen LogP contribution in [0, 0.1) is 5.92 Å². The summed E-state index contributed by atoms with van der Waals surface area (Å²) in [5, 5.41) is 0.422. The van der Waals surface area contributed by atoms with Gasteiger partial charge in [-0.25, -0.2) is 9.59 Å². The minimum absolute atomic E-state index is 0.0374. The van der Waals surface area contributed by atoms with E-state index < -0.39 is 29.8 Å². The van der Waals surface area contributed by atoms with Gasteiger partial charge in [0.15, 0.2) is 0 Å². The molecule has 1 atom stereocenters. The minimum atomic E-state index is -1.10. The summed E-state index contributed by atoms with van der Waals surface area (Å²) >= 11 is 1.20.